The number of alkyl carbamates (subject to hydrolysis) is 1. The minimum Gasteiger partial charge on any atom is -0.481 e. The van der Waals surface area contributed by atoms with Crippen LogP contribution < -0.4 is 15.4 Å². The Bertz CT molecular complexity index is 1310. The molecule has 0 bridgehead atoms. The lowest BCUT2D eigenvalue weighted by molar-refractivity contribution is -0.157. The molecule has 9 nitrogen and oxygen atoms in total. The van der Waals surface area contributed by atoms with Gasteiger partial charge in [0.25, 0.3) is 0 Å². The number of methoxy groups -OCH3 is 1. The van der Waals surface area contributed by atoms with E-state index in [4.69, 9.17) is 9.47 Å². The number of nitrogens with zero attached hydrogens (tertiary/aromatic N) is 3. The van der Waals surface area contributed by atoms with Crippen molar-refractivity contribution in [1.82, 2.24) is 19.9 Å². The van der Waals surface area contributed by atoms with Gasteiger partial charge in [0.05, 0.1) is 13.4 Å². The number of halogens is 3. The number of hydrogen-bond donors (Lipinski definition) is 2. The summed E-state index contributed by atoms with van der Waals surface area (Å²) in [5, 5.41) is 5.35. The minimum absolute atomic E-state index is 0.0412. The number of anilines is 1. The average Bonchev–Trinajstić information content (AvgIpc) is 3.88. The van der Waals surface area contributed by atoms with E-state index in [9.17, 15) is 22.8 Å². The normalized spacial score (nSPS) is 16.7. The highest BCUT2D eigenvalue weighted by molar-refractivity contribution is 5.96. The maximum absolute atomic E-state index is 14.2. The first kappa shape index (κ1) is 27.5. The number of hydrogen-bond acceptors (Lipinski definition) is 6. The molecule has 2 aromatic heterocycles. The van der Waals surface area contributed by atoms with Crippen molar-refractivity contribution in [3.63, 3.8) is 0 Å². The van der Waals surface area contributed by atoms with Crippen LogP contribution in [-0.2, 0) is 16.1 Å². The fraction of sp³-hybridized carbons (Fsp3) is 0.429. The van der Waals surface area contributed by atoms with Crippen LogP contribution in [0.4, 0.5) is 23.8 Å². The molecule has 2 aliphatic carbocycles. The van der Waals surface area contributed by atoms with Crippen LogP contribution in [0.5, 0.6) is 5.88 Å². The quantitative estimate of drug-likeness (QED) is 0.340. The van der Waals surface area contributed by atoms with Gasteiger partial charge in [-0.25, -0.2) is 14.8 Å². The third-order valence-corrected chi connectivity index (χ3v) is 7.24. The second-order valence-corrected chi connectivity index (χ2v) is 10.2. The standard InChI is InChI=1S/C28H30F3N5O4/c1-39-26-20(8-5-13-32-26)24(28(29,30)31)36-14-21(33-16-36)34-25(37)23(22(18-9-10-18)19-11-12-19)35-27(38)40-15-17-6-3-2-4-7-17/h2-8,13-14,16,18-19,22-24H,9-12,15H2,1H3,(H,34,37)(H,35,38)/t23-,24?/m0/s1. The highest BCUT2D eigenvalue weighted by atomic mass is 19.4. The van der Waals surface area contributed by atoms with Crippen LogP contribution in [0.2, 0.25) is 0 Å². The van der Waals surface area contributed by atoms with Crippen molar-refractivity contribution in [3.8, 4) is 5.88 Å². The van der Waals surface area contributed by atoms with Gasteiger partial charge in [-0.15, -0.1) is 0 Å². The van der Waals surface area contributed by atoms with Gasteiger partial charge in [-0.3, -0.25) is 4.79 Å². The van der Waals surface area contributed by atoms with E-state index in [0.29, 0.717) is 11.8 Å². The van der Waals surface area contributed by atoms with Gasteiger partial charge < -0.3 is 24.7 Å². The molecule has 2 heterocycles. The first-order valence-corrected chi connectivity index (χ1v) is 13.1. The molecular weight excluding hydrogens is 527 g/mol. The zero-order valence-corrected chi connectivity index (χ0v) is 21.8. The van der Waals surface area contributed by atoms with Crippen molar-refractivity contribution in [2.45, 2.75) is 50.6 Å². The summed E-state index contributed by atoms with van der Waals surface area (Å²) in [4.78, 5) is 34.1. The predicted octanol–water partition coefficient (Wildman–Crippen LogP) is 5.11. The fourth-order valence-electron chi connectivity index (χ4n) is 5.15. The first-order valence-electron chi connectivity index (χ1n) is 13.1. The Labute approximate surface area is 229 Å². The lowest BCUT2D eigenvalue weighted by atomic mass is 9.89. The number of rotatable bonds is 11. The molecule has 2 N–H and O–H groups in total. The Kier molecular flexibility index (Phi) is 7.95. The topological polar surface area (TPSA) is 107 Å². The number of alkyl halides is 3. The van der Waals surface area contributed by atoms with Gasteiger partial charge in [-0.05, 0) is 61.1 Å². The summed E-state index contributed by atoms with van der Waals surface area (Å²) in [6.45, 7) is 0.0412. The smallest absolute Gasteiger partial charge is 0.413 e. The summed E-state index contributed by atoms with van der Waals surface area (Å²) in [6.07, 6.45) is 1.84. The summed E-state index contributed by atoms with van der Waals surface area (Å²) in [5.41, 5.74) is 0.602. The van der Waals surface area contributed by atoms with E-state index in [1.807, 2.05) is 30.3 Å². The molecule has 1 aromatic carbocycles. The molecule has 2 aliphatic rings. The Morgan fingerprint density at radius 2 is 1.75 bits per heavy atom. The predicted molar refractivity (Wildman–Crippen MR) is 138 cm³/mol. The summed E-state index contributed by atoms with van der Waals surface area (Å²) >= 11 is 0. The molecule has 12 heteroatoms. The second kappa shape index (κ2) is 11.6. The molecule has 0 aliphatic heterocycles. The molecular formula is C28H30F3N5O4. The van der Waals surface area contributed by atoms with E-state index in [-0.39, 0.29) is 29.8 Å². The summed E-state index contributed by atoms with van der Waals surface area (Å²) < 4.78 is 53.7. The number of aromatic nitrogens is 3. The largest absolute Gasteiger partial charge is 0.481 e. The third kappa shape index (κ3) is 6.54. The van der Waals surface area contributed by atoms with Crippen LogP contribution in [0.15, 0.2) is 61.2 Å². The SMILES string of the molecule is COc1ncccc1C(n1cnc(NC(=O)[C@@H](NC(=O)OCc2ccccc2)C(C2CC2)C2CC2)c1)C(F)(F)F. The van der Waals surface area contributed by atoms with E-state index >= 15 is 0 Å². The number of carbonyl (C=O) groups excluding carboxylic acids is 2. The van der Waals surface area contributed by atoms with Crippen molar-refractivity contribution < 1.29 is 32.2 Å². The first-order chi connectivity index (χ1) is 19.2. The van der Waals surface area contributed by atoms with Crippen molar-refractivity contribution in [2.75, 3.05) is 12.4 Å². The van der Waals surface area contributed by atoms with E-state index in [1.165, 1.54) is 25.4 Å². The van der Waals surface area contributed by atoms with Crippen molar-refractivity contribution in [3.05, 3.63) is 72.3 Å². The molecule has 2 saturated carbocycles. The second-order valence-electron chi connectivity index (χ2n) is 10.2. The fourth-order valence-corrected chi connectivity index (χ4v) is 5.15. The number of carbonyl (C=O) groups is 2. The Hall–Kier alpha value is -4.09. The molecule has 2 amide bonds. The Morgan fingerprint density at radius 3 is 2.38 bits per heavy atom. The number of pyridine rings is 1. The maximum Gasteiger partial charge on any atom is 0.413 e. The van der Waals surface area contributed by atoms with Gasteiger partial charge in [-0.1, -0.05) is 30.3 Å². The molecule has 0 radical (unpaired) electrons. The molecule has 2 atom stereocenters. The Morgan fingerprint density at radius 1 is 1.05 bits per heavy atom. The van der Waals surface area contributed by atoms with E-state index in [2.05, 4.69) is 20.6 Å². The van der Waals surface area contributed by atoms with Gasteiger partial charge in [-0.2, -0.15) is 13.2 Å². The summed E-state index contributed by atoms with van der Waals surface area (Å²) in [5.74, 6) is -0.288. The van der Waals surface area contributed by atoms with Crippen LogP contribution in [0, 0.1) is 17.8 Å². The summed E-state index contributed by atoms with van der Waals surface area (Å²) in [6, 6.07) is 8.77. The molecule has 0 spiro atoms. The van der Waals surface area contributed by atoms with Gasteiger partial charge in [0, 0.05) is 18.0 Å². The van der Waals surface area contributed by atoms with Crippen molar-refractivity contribution in [1.29, 1.82) is 0 Å². The van der Waals surface area contributed by atoms with Gasteiger partial charge in [0.1, 0.15) is 12.6 Å². The highest BCUT2D eigenvalue weighted by Crippen LogP contribution is 2.51. The molecule has 3 aromatic rings. The highest BCUT2D eigenvalue weighted by Gasteiger charge is 2.49. The molecule has 1 unspecified atom stereocenters. The van der Waals surface area contributed by atoms with E-state index in [0.717, 1.165) is 48.3 Å². The van der Waals surface area contributed by atoms with Crippen LogP contribution >= 0.6 is 0 Å². The number of imidazole rings is 1. The Balaban J connectivity index is 1.33. The van der Waals surface area contributed by atoms with Crippen LogP contribution in [-0.4, -0.2) is 45.9 Å². The van der Waals surface area contributed by atoms with Gasteiger partial charge in [0.2, 0.25) is 11.8 Å². The summed E-state index contributed by atoms with van der Waals surface area (Å²) in [7, 11) is 1.24. The number of benzene rings is 1. The van der Waals surface area contributed by atoms with Gasteiger partial charge in [0.15, 0.2) is 11.9 Å². The minimum atomic E-state index is -4.70. The zero-order chi connectivity index (χ0) is 28.3. The van der Waals surface area contributed by atoms with Gasteiger partial charge >= 0.3 is 12.3 Å². The van der Waals surface area contributed by atoms with Crippen molar-refractivity contribution >= 4 is 17.8 Å². The van der Waals surface area contributed by atoms with E-state index < -0.39 is 30.3 Å². The number of nitrogens with one attached hydrogen (secondary N) is 2. The number of amides is 2. The monoisotopic (exact) mass is 557 g/mol. The van der Waals surface area contributed by atoms with Crippen LogP contribution in [0.25, 0.3) is 0 Å². The molecule has 0 saturated heterocycles. The number of ether oxygens (including phenoxy) is 2. The lowest BCUT2D eigenvalue weighted by Crippen LogP contribution is -2.50. The van der Waals surface area contributed by atoms with Crippen molar-refractivity contribution in [2.24, 2.45) is 17.8 Å². The molecule has 5 rings (SSSR count). The third-order valence-electron chi connectivity index (χ3n) is 7.24. The van der Waals surface area contributed by atoms with Crippen LogP contribution in [0.1, 0.15) is 42.9 Å². The van der Waals surface area contributed by atoms with Crippen LogP contribution in [0.3, 0.4) is 0 Å². The molecule has 212 valence electrons. The molecule has 2 fully saturated rings. The maximum atomic E-state index is 14.2. The average molecular weight is 558 g/mol. The van der Waals surface area contributed by atoms with E-state index in [1.54, 1.807) is 0 Å². The molecule has 40 heavy (non-hydrogen) atoms. The lowest BCUT2D eigenvalue weighted by Gasteiger charge is -2.27. The zero-order valence-electron chi connectivity index (χ0n) is 21.8.